The van der Waals surface area contributed by atoms with E-state index in [1.807, 2.05) is 0 Å². The van der Waals surface area contributed by atoms with Crippen molar-refractivity contribution in [1.82, 2.24) is 0 Å². The van der Waals surface area contributed by atoms with Crippen LogP contribution in [0.2, 0.25) is 15.1 Å². The molecule has 1 saturated heterocycles. The largest absolute Gasteiger partial charge is 0.324 e. The fourth-order valence-electron chi connectivity index (χ4n) is 2.62. The van der Waals surface area contributed by atoms with Crippen molar-refractivity contribution in [2.24, 2.45) is 5.92 Å². The van der Waals surface area contributed by atoms with E-state index in [4.69, 9.17) is 34.8 Å². The van der Waals surface area contributed by atoms with Gasteiger partial charge in [-0.15, -0.1) is 0 Å². The Morgan fingerprint density at radius 2 is 1.75 bits per heavy atom. The van der Waals surface area contributed by atoms with Crippen molar-refractivity contribution in [3.63, 3.8) is 0 Å². The molecular weight excluding hydrogens is 371 g/mol. The summed E-state index contributed by atoms with van der Waals surface area (Å²) in [7, 11) is 0. The second kappa shape index (κ2) is 7.01. The Bertz CT molecular complexity index is 810. The van der Waals surface area contributed by atoms with Gasteiger partial charge in [-0.05, 0) is 24.3 Å². The number of rotatable bonds is 3. The molecule has 1 fully saturated rings. The molecule has 0 radical (unpaired) electrons. The molecule has 1 heterocycles. The lowest BCUT2D eigenvalue weighted by Crippen LogP contribution is -2.28. The van der Waals surface area contributed by atoms with E-state index in [-0.39, 0.29) is 29.8 Å². The number of benzene rings is 2. The molecule has 124 valence electrons. The van der Waals surface area contributed by atoms with Gasteiger partial charge in [-0.3, -0.25) is 9.59 Å². The van der Waals surface area contributed by atoms with Crippen LogP contribution >= 0.6 is 34.8 Å². The molecule has 24 heavy (non-hydrogen) atoms. The first kappa shape index (κ1) is 17.1. The minimum absolute atomic E-state index is 0.120. The van der Waals surface area contributed by atoms with Crippen molar-refractivity contribution in [2.45, 2.75) is 6.42 Å². The second-order valence-electron chi connectivity index (χ2n) is 5.45. The predicted octanol–water partition coefficient (Wildman–Crippen LogP) is 4.64. The fraction of sp³-hybridized carbons (Fsp3) is 0.176. The topological polar surface area (TPSA) is 49.4 Å². The van der Waals surface area contributed by atoms with Crippen molar-refractivity contribution >= 4 is 58.0 Å². The first-order chi connectivity index (χ1) is 11.5. The molecule has 1 atom stereocenters. The van der Waals surface area contributed by atoms with Gasteiger partial charge in [0.1, 0.15) is 0 Å². The van der Waals surface area contributed by atoms with Crippen molar-refractivity contribution in [1.29, 1.82) is 0 Å². The number of amides is 2. The zero-order valence-electron chi connectivity index (χ0n) is 12.4. The molecule has 2 amide bonds. The van der Waals surface area contributed by atoms with E-state index >= 15 is 0 Å². The summed E-state index contributed by atoms with van der Waals surface area (Å²) in [5, 5.41) is 3.84. The number of carbonyl (C=O) groups is 2. The van der Waals surface area contributed by atoms with Gasteiger partial charge < -0.3 is 10.2 Å². The molecule has 1 N–H and O–H groups in total. The highest BCUT2D eigenvalue weighted by molar-refractivity contribution is 6.44. The summed E-state index contributed by atoms with van der Waals surface area (Å²) in [6.45, 7) is 0.270. The maximum atomic E-state index is 12.5. The van der Waals surface area contributed by atoms with Crippen LogP contribution in [0.4, 0.5) is 11.4 Å². The third-order valence-electron chi connectivity index (χ3n) is 3.85. The number of nitrogens with zero attached hydrogens (tertiary/aromatic N) is 1. The molecule has 1 aliphatic heterocycles. The van der Waals surface area contributed by atoms with Gasteiger partial charge in [-0.1, -0.05) is 53.0 Å². The second-order valence-corrected chi connectivity index (χ2v) is 6.64. The molecule has 7 heteroatoms. The maximum Gasteiger partial charge on any atom is 0.229 e. The summed E-state index contributed by atoms with van der Waals surface area (Å²) in [4.78, 5) is 26.3. The van der Waals surface area contributed by atoms with Crippen LogP contribution in [0.5, 0.6) is 0 Å². The number of hydrogen-bond donors (Lipinski definition) is 1. The summed E-state index contributed by atoms with van der Waals surface area (Å²) in [6, 6.07) is 12.1. The molecule has 0 bridgehead atoms. The van der Waals surface area contributed by atoms with Crippen LogP contribution in [0.1, 0.15) is 6.42 Å². The smallest absolute Gasteiger partial charge is 0.229 e. The average molecular weight is 384 g/mol. The van der Waals surface area contributed by atoms with E-state index in [1.54, 1.807) is 42.5 Å². The van der Waals surface area contributed by atoms with Gasteiger partial charge >= 0.3 is 0 Å². The van der Waals surface area contributed by atoms with E-state index in [0.717, 1.165) is 0 Å². The Morgan fingerprint density at radius 3 is 2.50 bits per heavy atom. The summed E-state index contributed by atoms with van der Waals surface area (Å²) >= 11 is 18.2. The summed E-state index contributed by atoms with van der Waals surface area (Å²) in [5.41, 5.74) is 1.04. The van der Waals surface area contributed by atoms with Crippen LogP contribution in [0, 0.1) is 5.92 Å². The molecule has 0 saturated carbocycles. The highest BCUT2D eigenvalue weighted by Gasteiger charge is 2.36. The van der Waals surface area contributed by atoms with E-state index in [2.05, 4.69) is 5.32 Å². The Kier molecular flexibility index (Phi) is 4.99. The van der Waals surface area contributed by atoms with Gasteiger partial charge in [-0.2, -0.15) is 0 Å². The number of carbonyl (C=O) groups excluding carboxylic acids is 2. The minimum atomic E-state index is -0.483. The van der Waals surface area contributed by atoms with Gasteiger partial charge in [0.25, 0.3) is 0 Å². The van der Waals surface area contributed by atoms with E-state index in [1.165, 1.54) is 4.90 Å². The van der Waals surface area contributed by atoms with Crippen LogP contribution in [-0.2, 0) is 9.59 Å². The Balaban J connectivity index is 1.75. The minimum Gasteiger partial charge on any atom is -0.324 e. The molecule has 2 aromatic carbocycles. The summed E-state index contributed by atoms with van der Waals surface area (Å²) in [5.74, 6) is -0.897. The normalized spacial score (nSPS) is 17.2. The predicted molar refractivity (Wildman–Crippen MR) is 97.0 cm³/mol. The first-order valence-electron chi connectivity index (χ1n) is 7.27. The highest BCUT2D eigenvalue weighted by Crippen LogP contribution is 2.33. The zero-order valence-corrected chi connectivity index (χ0v) is 14.7. The van der Waals surface area contributed by atoms with Crippen LogP contribution < -0.4 is 10.2 Å². The first-order valence-corrected chi connectivity index (χ1v) is 8.40. The van der Waals surface area contributed by atoms with Crippen LogP contribution in [0.3, 0.4) is 0 Å². The molecule has 3 rings (SSSR count). The van der Waals surface area contributed by atoms with Gasteiger partial charge in [0.05, 0.1) is 32.4 Å². The molecule has 1 aliphatic rings. The molecular formula is C17H13Cl3N2O2. The average Bonchev–Trinajstić information content (AvgIpc) is 2.94. The number of nitrogens with one attached hydrogen (secondary N) is 1. The van der Waals surface area contributed by atoms with Crippen molar-refractivity contribution in [3.05, 3.63) is 57.5 Å². The molecule has 4 nitrogen and oxygen atoms in total. The van der Waals surface area contributed by atoms with Crippen LogP contribution in [-0.4, -0.2) is 18.4 Å². The zero-order chi connectivity index (χ0) is 17.3. The molecule has 0 aromatic heterocycles. The highest BCUT2D eigenvalue weighted by atomic mass is 35.5. The van der Waals surface area contributed by atoms with E-state index in [9.17, 15) is 9.59 Å². The monoisotopic (exact) mass is 382 g/mol. The van der Waals surface area contributed by atoms with Crippen LogP contribution in [0.25, 0.3) is 0 Å². The van der Waals surface area contributed by atoms with Gasteiger partial charge in [0, 0.05) is 13.0 Å². The third kappa shape index (κ3) is 3.36. The number of anilines is 2. The number of hydrogen-bond acceptors (Lipinski definition) is 2. The Hall–Kier alpha value is -1.75. The summed E-state index contributed by atoms with van der Waals surface area (Å²) < 4.78 is 0. The van der Waals surface area contributed by atoms with Crippen molar-refractivity contribution in [3.8, 4) is 0 Å². The molecule has 2 aromatic rings. The van der Waals surface area contributed by atoms with E-state index < -0.39 is 5.92 Å². The van der Waals surface area contributed by atoms with Crippen molar-refractivity contribution < 1.29 is 9.59 Å². The quantitative estimate of drug-likeness (QED) is 0.839. The Labute approximate surface area is 154 Å². The van der Waals surface area contributed by atoms with Gasteiger partial charge in [0.15, 0.2) is 0 Å². The van der Waals surface area contributed by atoms with Gasteiger partial charge in [-0.25, -0.2) is 0 Å². The molecule has 0 aliphatic carbocycles. The standard InChI is InChI=1S/C17H13Cl3N2O2/c18-11-4-1-2-7-14(11)22-9-10(8-15(22)23)17(24)21-13-6-3-5-12(19)16(13)20/h1-7,10H,8-9H2,(H,21,24). The van der Waals surface area contributed by atoms with Crippen LogP contribution in [0.15, 0.2) is 42.5 Å². The third-order valence-corrected chi connectivity index (χ3v) is 4.99. The molecule has 0 spiro atoms. The fourth-order valence-corrected chi connectivity index (χ4v) is 3.21. The lowest BCUT2D eigenvalue weighted by Gasteiger charge is -2.18. The van der Waals surface area contributed by atoms with E-state index in [0.29, 0.717) is 21.4 Å². The Morgan fingerprint density at radius 1 is 1.04 bits per heavy atom. The lowest BCUT2D eigenvalue weighted by molar-refractivity contribution is -0.122. The number of halogens is 3. The van der Waals surface area contributed by atoms with Crippen molar-refractivity contribution in [2.75, 3.05) is 16.8 Å². The van der Waals surface area contributed by atoms with Gasteiger partial charge in [0.2, 0.25) is 11.8 Å². The lowest BCUT2D eigenvalue weighted by atomic mass is 10.1. The summed E-state index contributed by atoms with van der Waals surface area (Å²) in [6.07, 6.45) is 0.120. The SMILES string of the molecule is O=C(Nc1cccc(Cl)c1Cl)C1CC(=O)N(c2ccccc2Cl)C1. The molecule has 1 unspecified atom stereocenters. The number of para-hydroxylation sites is 1. The maximum absolute atomic E-state index is 12.5.